The van der Waals surface area contributed by atoms with Crippen molar-refractivity contribution in [3.05, 3.63) is 109 Å². The molecule has 0 rings (SSSR count). The van der Waals surface area contributed by atoms with Gasteiger partial charge in [0.25, 0.3) is 0 Å². The minimum absolute atomic E-state index is 0.0427. The number of phosphoric ester groups is 1. The van der Waals surface area contributed by atoms with E-state index < -0.39 is 32.5 Å². The van der Waals surface area contributed by atoms with Crippen LogP contribution in [0.15, 0.2) is 109 Å². The lowest BCUT2D eigenvalue weighted by Gasteiger charge is -2.20. The standard InChI is InChI=1S/C46H74NO8P/c1-4-6-8-10-12-14-16-18-20-21-22-23-25-26-28-30-32-34-36-38-45(48)52-42-44(43-54-56(50,51)53-41-40-47-3)55-46(49)39-37-35-33-31-29-27-24-19-17-15-13-11-9-7-5-2/h7,9,12-15,18-20,22-24,26,28-29,31-32,34,44,47H,4-6,8,10-11,16-17,21,25,27,30,33,35-43H2,1-3H3,(H,50,51)/b9-7-,14-12-,15-13-,20-18-,23-22-,24-19-,28-26-,31-29-,34-32-. The molecule has 2 unspecified atom stereocenters. The summed E-state index contributed by atoms with van der Waals surface area (Å²) >= 11 is 0. The summed E-state index contributed by atoms with van der Waals surface area (Å²) in [5, 5.41) is 2.81. The van der Waals surface area contributed by atoms with Gasteiger partial charge in [-0.1, -0.05) is 136 Å². The molecule has 316 valence electrons. The maximum Gasteiger partial charge on any atom is 0.472 e. The molecule has 2 atom stereocenters. The van der Waals surface area contributed by atoms with Crippen molar-refractivity contribution in [3.8, 4) is 0 Å². The van der Waals surface area contributed by atoms with Crippen molar-refractivity contribution in [3.63, 3.8) is 0 Å². The molecular formula is C46H74NO8P. The third kappa shape index (κ3) is 40.3. The number of esters is 2. The zero-order valence-corrected chi connectivity index (χ0v) is 35.7. The van der Waals surface area contributed by atoms with E-state index in [0.29, 0.717) is 19.4 Å². The van der Waals surface area contributed by atoms with Gasteiger partial charge in [-0.05, 0) is 96.9 Å². The highest BCUT2D eigenvalue weighted by atomic mass is 31.2. The fourth-order valence-corrected chi connectivity index (χ4v) is 5.51. The van der Waals surface area contributed by atoms with Gasteiger partial charge < -0.3 is 19.7 Å². The van der Waals surface area contributed by atoms with E-state index in [9.17, 15) is 19.0 Å². The van der Waals surface area contributed by atoms with Gasteiger partial charge in [0.05, 0.1) is 13.2 Å². The average molecular weight is 800 g/mol. The van der Waals surface area contributed by atoms with Crippen LogP contribution in [0.25, 0.3) is 0 Å². The Morgan fingerprint density at radius 1 is 0.571 bits per heavy atom. The zero-order valence-electron chi connectivity index (χ0n) is 34.8. The number of allylic oxidation sites excluding steroid dienone is 18. The minimum atomic E-state index is -4.38. The van der Waals surface area contributed by atoms with Gasteiger partial charge in [-0.2, -0.15) is 0 Å². The number of unbranched alkanes of at least 4 members (excludes halogenated alkanes) is 5. The van der Waals surface area contributed by atoms with Gasteiger partial charge in [0.2, 0.25) is 0 Å². The summed E-state index contributed by atoms with van der Waals surface area (Å²) in [6.07, 6.45) is 53.0. The Morgan fingerprint density at radius 2 is 1.04 bits per heavy atom. The molecule has 0 bridgehead atoms. The summed E-state index contributed by atoms with van der Waals surface area (Å²) in [6, 6.07) is 0. The van der Waals surface area contributed by atoms with E-state index in [1.54, 1.807) is 7.05 Å². The molecule has 0 aromatic rings. The molecule has 0 aromatic carbocycles. The van der Waals surface area contributed by atoms with Gasteiger partial charge in [0.1, 0.15) is 6.61 Å². The number of hydrogen-bond donors (Lipinski definition) is 2. The van der Waals surface area contributed by atoms with Crippen molar-refractivity contribution >= 4 is 19.8 Å². The normalized spacial score (nSPS) is 14.4. The number of ether oxygens (including phenoxy) is 2. The molecule has 0 saturated carbocycles. The quantitative estimate of drug-likeness (QED) is 0.0274. The predicted octanol–water partition coefficient (Wildman–Crippen LogP) is 11.9. The van der Waals surface area contributed by atoms with E-state index in [2.05, 4.69) is 116 Å². The highest BCUT2D eigenvalue weighted by Crippen LogP contribution is 2.43. The molecule has 2 N–H and O–H groups in total. The average Bonchev–Trinajstić information content (AvgIpc) is 3.18. The molecule has 10 heteroatoms. The van der Waals surface area contributed by atoms with Crippen molar-refractivity contribution < 1.29 is 37.6 Å². The smallest absolute Gasteiger partial charge is 0.462 e. The van der Waals surface area contributed by atoms with Gasteiger partial charge in [-0.15, -0.1) is 0 Å². The highest BCUT2D eigenvalue weighted by molar-refractivity contribution is 7.47. The Labute approximate surface area is 340 Å². The van der Waals surface area contributed by atoms with E-state index >= 15 is 0 Å². The lowest BCUT2D eigenvalue weighted by atomic mass is 10.2. The number of hydrogen-bond acceptors (Lipinski definition) is 8. The lowest BCUT2D eigenvalue weighted by molar-refractivity contribution is -0.161. The van der Waals surface area contributed by atoms with Gasteiger partial charge in [0.15, 0.2) is 6.10 Å². The number of rotatable bonds is 37. The summed E-state index contributed by atoms with van der Waals surface area (Å²) in [5.74, 6) is -0.966. The summed E-state index contributed by atoms with van der Waals surface area (Å²) in [4.78, 5) is 35.0. The molecule has 0 aromatic heterocycles. The maximum atomic E-state index is 12.6. The van der Waals surface area contributed by atoms with Crippen LogP contribution < -0.4 is 5.32 Å². The predicted molar refractivity (Wildman–Crippen MR) is 233 cm³/mol. The fourth-order valence-electron chi connectivity index (χ4n) is 4.76. The molecule has 0 radical (unpaired) electrons. The van der Waals surface area contributed by atoms with Crippen LogP contribution in [-0.4, -0.2) is 56.3 Å². The molecule has 0 heterocycles. The Morgan fingerprint density at radius 3 is 1.52 bits per heavy atom. The van der Waals surface area contributed by atoms with Crippen LogP contribution >= 0.6 is 7.82 Å². The van der Waals surface area contributed by atoms with Crippen LogP contribution in [0.2, 0.25) is 0 Å². The SMILES string of the molecule is CC/C=C\C/C=C\C/C=C\C/C=C\CCCCC(=O)OC(COC(=O)CC/C=C\C/C=C\C/C=C\C/C=C\C/C=C\CCCCC)COP(=O)(O)OCCNC. The Bertz CT molecular complexity index is 1280. The molecule has 0 aliphatic heterocycles. The van der Waals surface area contributed by atoms with Crippen LogP contribution in [0.1, 0.15) is 129 Å². The Hall–Kier alpha value is -3.33. The lowest BCUT2D eigenvalue weighted by Crippen LogP contribution is -2.29. The molecule has 56 heavy (non-hydrogen) atoms. The van der Waals surface area contributed by atoms with Gasteiger partial charge in [0, 0.05) is 19.4 Å². The molecule has 0 spiro atoms. The van der Waals surface area contributed by atoms with Gasteiger partial charge in [-0.3, -0.25) is 18.6 Å². The first-order valence-corrected chi connectivity index (χ1v) is 22.3. The van der Waals surface area contributed by atoms with E-state index in [-0.39, 0.29) is 26.1 Å². The number of phosphoric acid groups is 1. The summed E-state index contributed by atoms with van der Waals surface area (Å²) in [7, 11) is -2.70. The number of carbonyl (C=O) groups excluding carboxylic acids is 2. The van der Waals surface area contributed by atoms with Crippen molar-refractivity contribution in [2.75, 3.05) is 33.4 Å². The van der Waals surface area contributed by atoms with Crippen molar-refractivity contribution in [2.24, 2.45) is 0 Å². The van der Waals surface area contributed by atoms with E-state index in [1.807, 2.05) is 12.2 Å². The Kier molecular flexibility index (Phi) is 38.9. The molecule has 0 aliphatic carbocycles. The van der Waals surface area contributed by atoms with Gasteiger partial charge in [-0.25, -0.2) is 4.57 Å². The maximum absolute atomic E-state index is 12.6. The van der Waals surface area contributed by atoms with Crippen LogP contribution in [0.4, 0.5) is 0 Å². The van der Waals surface area contributed by atoms with Crippen LogP contribution in [-0.2, 0) is 32.7 Å². The largest absolute Gasteiger partial charge is 0.472 e. The van der Waals surface area contributed by atoms with Crippen LogP contribution in [0, 0.1) is 0 Å². The topological polar surface area (TPSA) is 120 Å². The van der Waals surface area contributed by atoms with Crippen molar-refractivity contribution in [2.45, 2.75) is 136 Å². The molecule has 0 fully saturated rings. The van der Waals surface area contributed by atoms with Gasteiger partial charge >= 0.3 is 19.8 Å². The van der Waals surface area contributed by atoms with E-state index in [4.69, 9.17) is 18.5 Å². The number of likely N-dealkylation sites (N-methyl/N-ethyl adjacent to an activating group) is 1. The first-order valence-electron chi connectivity index (χ1n) is 20.8. The summed E-state index contributed by atoms with van der Waals surface area (Å²) < 4.78 is 33.0. The number of nitrogens with one attached hydrogen (secondary N) is 1. The third-order valence-electron chi connectivity index (χ3n) is 7.89. The van der Waals surface area contributed by atoms with Crippen molar-refractivity contribution in [1.82, 2.24) is 5.32 Å². The second kappa shape index (κ2) is 41.3. The first kappa shape index (κ1) is 52.7. The summed E-state index contributed by atoms with van der Waals surface area (Å²) in [6.45, 7) is 3.91. The fraction of sp³-hybridized carbons (Fsp3) is 0.565. The van der Waals surface area contributed by atoms with E-state index in [0.717, 1.165) is 64.2 Å². The second-order valence-corrected chi connectivity index (χ2v) is 14.5. The molecule has 0 saturated heterocycles. The third-order valence-corrected chi connectivity index (χ3v) is 8.87. The van der Waals surface area contributed by atoms with Crippen molar-refractivity contribution in [1.29, 1.82) is 0 Å². The van der Waals surface area contributed by atoms with Crippen LogP contribution in [0.5, 0.6) is 0 Å². The first-order chi connectivity index (χ1) is 27.3. The number of carbonyl (C=O) groups is 2. The monoisotopic (exact) mass is 800 g/mol. The zero-order chi connectivity index (χ0) is 41.1. The molecular weight excluding hydrogens is 725 g/mol. The summed E-state index contributed by atoms with van der Waals surface area (Å²) in [5.41, 5.74) is 0. The van der Waals surface area contributed by atoms with Crippen LogP contribution in [0.3, 0.4) is 0 Å². The minimum Gasteiger partial charge on any atom is -0.462 e. The molecule has 0 aliphatic rings. The highest BCUT2D eigenvalue weighted by Gasteiger charge is 2.26. The van der Waals surface area contributed by atoms with E-state index in [1.165, 1.54) is 25.7 Å². The Balaban J connectivity index is 4.46. The molecule has 9 nitrogen and oxygen atoms in total. The molecule has 0 amide bonds. The second-order valence-electron chi connectivity index (χ2n) is 13.1.